The van der Waals surface area contributed by atoms with Crippen molar-refractivity contribution in [3.05, 3.63) is 101 Å². The molecule has 0 aliphatic heterocycles. The molecule has 0 saturated carbocycles. The number of hydrogen-bond donors (Lipinski definition) is 1. The van der Waals surface area contributed by atoms with E-state index in [0.29, 0.717) is 22.5 Å². The smallest absolute Gasteiger partial charge is 0.261 e. The van der Waals surface area contributed by atoms with E-state index >= 15 is 0 Å². The number of rotatable bonds is 5. The van der Waals surface area contributed by atoms with Crippen LogP contribution in [0.4, 0.5) is 5.69 Å². The quantitative estimate of drug-likeness (QED) is 0.511. The van der Waals surface area contributed by atoms with Crippen LogP contribution in [0.25, 0.3) is 16.9 Å². The summed E-state index contributed by atoms with van der Waals surface area (Å²) in [5, 5.41) is 4.76. The van der Waals surface area contributed by atoms with Gasteiger partial charge in [0, 0.05) is 30.1 Å². The highest BCUT2D eigenvalue weighted by atomic mass is 16.2. The second kappa shape index (κ2) is 8.51. The molecular formula is C26H24N4O2. The number of carbonyl (C=O) groups excluding carboxylic acids is 2. The SMILES string of the molecule is Cc1ccc(-c2nn(-c3ccccc3)cc2C(=O)N(C)c2ccc(C(N)=O)cc2)cc1C. The molecule has 2 amide bonds. The molecule has 0 bridgehead atoms. The first-order valence-corrected chi connectivity index (χ1v) is 10.3. The fourth-order valence-electron chi connectivity index (χ4n) is 3.49. The van der Waals surface area contributed by atoms with Gasteiger partial charge in [-0.2, -0.15) is 5.10 Å². The Labute approximate surface area is 186 Å². The van der Waals surface area contributed by atoms with Crippen molar-refractivity contribution in [1.29, 1.82) is 0 Å². The monoisotopic (exact) mass is 424 g/mol. The molecule has 1 heterocycles. The summed E-state index contributed by atoms with van der Waals surface area (Å²) in [6, 6.07) is 22.4. The van der Waals surface area contributed by atoms with Crippen molar-refractivity contribution in [3.63, 3.8) is 0 Å². The molecule has 0 aliphatic carbocycles. The third-order valence-electron chi connectivity index (χ3n) is 5.59. The van der Waals surface area contributed by atoms with Crippen molar-refractivity contribution < 1.29 is 9.59 Å². The van der Waals surface area contributed by atoms with Crippen molar-refractivity contribution in [2.24, 2.45) is 5.73 Å². The number of anilines is 1. The third kappa shape index (κ3) is 4.03. The first-order chi connectivity index (χ1) is 15.3. The highest BCUT2D eigenvalue weighted by Gasteiger charge is 2.23. The molecule has 1 aromatic heterocycles. The Bertz CT molecular complexity index is 1290. The summed E-state index contributed by atoms with van der Waals surface area (Å²) in [6.45, 7) is 4.10. The predicted octanol–water partition coefficient (Wildman–Crippen LogP) is 4.53. The lowest BCUT2D eigenvalue weighted by Crippen LogP contribution is -2.26. The van der Waals surface area contributed by atoms with Crippen molar-refractivity contribution in [2.45, 2.75) is 13.8 Å². The first-order valence-electron chi connectivity index (χ1n) is 10.3. The molecular weight excluding hydrogens is 400 g/mol. The second-order valence-electron chi connectivity index (χ2n) is 7.75. The van der Waals surface area contributed by atoms with Crippen molar-refractivity contribution in [3.8, 4) is 16.9 Å². The van der Waals surface area contributed by atoms with Gasteiger partial charge in [0.25, 0.3) is 5.91 Å². The predicted molar refractivity (Wildman–Crippen MR) is 126 cm³/mol. The van der Waals surface area contributed by atoms with Crippen LogP contribution < -0.4 is 10.6 Å². The molecule has 32 heavy (non-hydrogen) atoms. The molecule has 0 saturated heterocycles. The molecule has 0 spiro atoms. The average Bonchev–Trinajstić information content (AvgIpc) is 3.26. The van der Waals surface area contributed by atoms with Gasteiger partial charge in [0.1, 0.15) is 5.69 Å². The van der Waals surface area contributed by atoms with Crippen molar-refractivity contribution in [2.75, 3.05) is 11.9 Å². The van der Waals surface area contributed by atoms with E-state index in [-0.39, 0.29) is 5.91 Å². The minimum atomic E-state index is -0.508. The minimum absolute atomic E-state index is 0.202. The van der Waals surface area contributed by atoms with Crippen LogP contribution in [0.5, 0.6) is 0 Å². The zero-order valence-corrected chi connectivity index (χ0v) is 18.2. The van der Waals surface area contributed by atoms with E-state index < -0.39 is 5.91 Å². The molecule has 3 aromatic carbocycles. The average molecular weight is 425 g/mol. The van der Waals surface area contributed by atoms with Crippen LogP contribution in [-0.2, 0) is 0 Å². The molecule has 4 aromatic rings. The highest BCUT2D eigenvalue weighted by molar-refractivity contribution is 6.09. The van der Waals surface area contributed by atoms with Gasteiger partial charge in [0.15, 0.2) is 0 Å². The number of hydrogen-bond acceptors (Lipinski definition) is 3. The molecule has 0 radical (unpaired) electrons. The fourth-order valence-corrected chi connectivity index (χ4v) is 3.49. The van der Waals surface area contributed by atoms with Gasteiger partial charge in [-0.05, 0) is 67.4 Å². The van der Waals surface area contributed by atoms with Gasteiger partial charge in [-0.1, -0.05) is 30.3 Å². The standard InChI is InChI=1S/C26H24N4O2/c1-17-9-10-20(15-18(17)2)24-23(16-30(28-24)22-7-5-4-6-8-22)26(32)29(3)21-13-11-19(12-14-21)25(27)31/h4-16H,1-3H3,(H2,27,31). The van der Waals surface area contributed by atoms with Crippen LogP contribution in [0.15, 0.2) is 79.0 Å². The maximum Gasteiger partial charge on any atom is 0.261 e. The summed E-state index contributed by atoms with van der Waals surface area (Å²) < 4.78 is 1.72. The van der Waals surface area contributed by atoms with E-state index in [1.807, 2.05) is 55.5 Å². The molecule has 6 nitrogen and oxygen atoms in total. The van der Waals surface area contributed by atoms with Crippen molar-refractivity contribution >= 4 is 17.5 Å². The molecule has 160 valence electrons. The normalized spacial score (nSPS) is 10.7. The number of aryl methyl sites for hydroxylation is 2. The number of para-hydroxylation sites is 1. The molecule has 6 heteroatoms. The Kier molecular flexibility index (Phi) is 5.60. The molecule has 2 N–H and O–H groups in total. The van der Waals surface area contributed by atoms with Gasteiger partial charge in [0.2, 0.25) is 5.91 Å². The van der Waals surface area contributed by atoms with Gasteiger partial charge in [-0.25, -0.2) is 4.68 Å². The largest absolute Gasteiger partial charge is 0.366 e. The van der Waals surface area contributed by atoms with E-state index in [9.17, 15) is 9.59 Å². The summed E-state index contributed by atoms with van der Waals surface area (Å²) in [4.78, 5) is 26.4. The Morgan fingerprint density at radius 3 is 2.22 bits per heavy atom. The van der Waals surface area contributed by atoms with Gasteiger partial charge in [-0.3, -0.25) is 9.59 Å². The molecule has 0 unspecified atom stereocenters. The lowest BCUT2D eigenvalue weighted by molar-refractivity contribution is 0.0989. The topological polar surface area (TPSA) is 81.2 Å². The number of carbonyl (C=O) groups is 2. The van der Waals surface area contributed by atoms with Crippen LogP contribution >= 0.6 is 0 Å². The maximum atomic E-state index is 13.5. The third-order valence-corrected chi connectivity index (χ3v) is 5.59. The zero-order chi connectivity index (χ0) is 22.8. The van der Waals surface area contributed by atoms with Crippen LogP contribution in [0.1, 0.15) is 31.8 Å². The van der Waals surface area contributed by atoms with Crippen LogP contribution in [0, 0.1) is 13.8 Å². The molecule has 4 rings (SSSR count). The summed E-state index contributed by atoms with van der Waals surface area (Å²) >= 11 is 0. The lowest BCUT2D eigenvalue weighted by Gasteiger charge is -2.17. The van der Waals surface area contributed by atoms with E-state index in [4.69, 9.17) is 10.8 Å². The Morgan fingerprint density at radius 2 is 1.59 bits per heavy atom. The number of nitrogens with zero attached hydrogens (tertiary/aromatic N) is 3. The molecule has 0 fully saturated rings. The first kappa shape index (κ1) is 21.1. The van der Waals surface area contributed by atoms with Crippen LogP contribution in [-0.4, -0.2) is 28.6 Å². The highest BCUT2D eigenvalue weighted by Crippen LogP contribution is 2.28. The summed E-state index contributed by atoms with van der Waals surface area (Å²) in [5.41, 5.74) is 11.5. The number of aromatic nitrogens is 2. The van der Waals surface area contributed by atoms with Gasteiger partial charge < -0.3 is 10.6 Å². The second-order valence-corrected chi connectivity index (χ2v) is 7.75. The molecule has 0 atom stereocenters. The van der Waals surface area contributed by atoms with E-state index in [0.717, 1.165) is 16.8 Å². The Morgan fingerprint density at radius 1 is 0.906 bits per heavy atom. The Balaban J connectivity index is 1.78. The lowest BCUT2D eigenvalue weighted by atomic mass is 10.0. The maximum absolute atomic E-state index is 13.5. The van der Waals surface area contributed by atoms with Crippen LogP contribution in [0.3, 0.4) is 0 Å². The number of benzene rings is 3. The molecule has 0 aliphatic rings. The Hall–Kier alpha value is -4.19. The van der Waals surface area contributed by atoms with Gasteiger partial charge in [0.05, 0.1) is 11.3 Å². The summed E-state index contributed by atoms with van der Waals surface area (Å²) in [7, 11) is 1.70. The van der Waals surface area contributed by atoms with Gasteiger partial charge in [-0.15, -0.1) is 0 Å². The summed E-state index contributed by atoms with van der Waals surface area (Å²) in [6.07, 6.45) is 1.76. The number of nitrogens with two attached hydrogens (primary N) is 1. The van der Waals surface area contributed by atoms with E-state index in [1.54, 1.807) is 47.1 Å². The number of primary amides is 1. The minimum Gasteiger partial charge on any atom is -0.366 e. The van der Waals surface area contributed by atoms with Crippen molar-refractivity contribution in [1.82, 2.24) is 9.78 Å². The van der Waals surface area contributed by atoms with E-state index in [2.05, 4.69) is 6.92 Å². The fraction of sp³-hybridized carbons (Fsp3) is 0.115. The zero-order valence-electron chi connectivity index (χ0n) is 18.2. The summed E-state index contributed by atoms with van der Waals surface area (Å²) in [5.74, 6) is -0.709. The number of amides is 2. The van der Waals surface area contributed by atoms with E-state index in [1.165, 1.54) is 5.56 Å². The van der Waals surface area contributed by atoms with Crippen LogP contribution in [0.2, 0.25) is 0 Å². The van der Waals surface area contributed by atoms with Gasteiger partial charge >= 0.3 is 0 Å².